The van der Waals surface area contributed by atoms with Crippen molar-refractivity contribution in [2.75, 3.05) is 0 Å². The molecular formula is C25H24O4. The Morgan fingerprint density at radius 1 is 0.897 bits per heavy atom. The lowest BCUT2D eigenvalue weighted by Gasteiger charge is -2.08. The molecule has 0 aliphatic rings. The molecule has 0 saturated carbocycles. The highest BCUT2D eigenvalue weighted by atomic mass is 16.5. The third kappa shape index (κ3) is 6.22. The predicted molar refractivity (Wildman–Crippen MR) is 115 cm³/mol. The van der Waals surface area contributed by atoms with E-state index in [-0.39, 0.29) is 5.78 Å². The first-order chi connectivity index (χ1) is 13.7. The van der Waals surface area contributed by atoms with Crippen LogP contribution in [0.2, 0.25) is 0 Å². The fourth-order valence-electron chi connectivity index (χ4n) is 2.29. The molecule has 4 nitrogen and oxygen atoms in total. The summed E-state index contributed by atoms with van der Waals surface area (Å²) < 4.78 is 5.63. The molecule has 0 fully saturated rings. The zero-order chi connectivity index (χ0) is 21.4. The highest BCUT2D eigenvalue weighted by Gasteiger charge is 2.18. The molecule has 1 N–H and O–H groups in total. The molecule has 0 heterocycles. The van der Waals surface area contributed by atoms with Gasteiger partial charge in [0.05, 0.1) is 11.0 Å². The number of carboxylic acids is 1. The number of rotatable bonds is 2. The van der Waals surface area contributed by atoms with E-state index in [4.69, 9.17) is 9.84 Å². The first kappa shape index (κ1) is 21.7. The van der Waals surface area contributed by atoms with E-state index in [9.17, 15) is 9.59 Å². The van der Waals surface area contributed by atoms with Gasteiger partial charge in [0, 0.05) is 10.9 Å². The number of carboxylic acid groups (broad SMARTS) is 1. The summed E-state index contributed by atoms with van der Waals surface area (Å²) in [4.78, 5) is 21.8. The Labute approximate surface area is 171 Å². The molecule has 0 amide bonds. The minimum atomic E-state index is -0.757. The number of hydrogen-bond donors (Lipinski definition) is 1. The number of hydrogen-bond acceptors (Lipinski definition) is 3. The molecule has 0 aliphatic heterocycles. The fraction of sp³-hybridized carbons (Fsp3) is 0.200. The second-order valence-corrected chi connectivity index (χ2v) is 7.47. The average Bonchev–Trinajstić information content (AvgIpc) is 2.68. The van der Waals surface area contributed by atoms with Crippen LogP contribution in [0.1, 0.15) is 43.6 Å². The van der Waals surface area contributed by atoms with Crippen LogP contribution in [0.4, 0.5) is 0 Å². The number of aliphatic carboxylic acids is 1. The Kier molecular flexibility index (Phi) is 7.16. The van der Waals surface area contributed by atoms with Crippen LogP contribution in [0, 0.1) is 17.4 Å². The maximum Gasteiger partial charge on any atom is 0.308 e. The highest BCUT2D eigenvalue weighted by molar-refractivity contribution is 6.03. The van der Waals surface area contributed by atoms with E-state index in [1.165, 1.54) is 6.92 Å². The summed E-state index contributed by atoms with van der Waals surface area (Å²) in [7, 11) is 0. The van der Waals surface area contributed by atoms with Crippen molar-refractivity contribution in [2.24, 2.45) is 5.41 Å². The number of benzene rings is 3. The zero-order valence-electron chi connectivity index (χ0n) is 17.0. The predicted octanol–water partition coefficient (Wildman–Crippen LogP) is 5.55. The second-order valence-electron chi connectivity index (χ2n) is 7.47. The van der Waals surface area contributed by atoms with Gasteiger partial charge < -0.3 is 9.84 Å². The number of ketones is 1. The lowest BCUT2D eigenvalue weighted by Crippen LogP contribution is -2.18. The minimum absolute atomic E-state index is 0.0396. The third-order valence-corrected chi connectivity index (χ3v) is 4.02. The van der Waals surface area contributed by atoms with Gasteiger partial charge in [0.1, 0.15) is 6.11 Å². The van der Waals surface area contributed by atoms with Crippen molar-refractivity contribution in [3.05, 3.63) is 77.9 Å². The molecular weight excluding hydrogens is 364 g/mol. The van der Waals surface area contributed by atoms with Crippen molar-refractivity contribution in [3.63, 3.8) is 0 Å². The largest absolute Gasteiger partial charge is 0.481 e. The van der Waals surface area contributed by atoms with Crippen molar-refractivity contribution < 1.29 is 19.4 Å². The van der Waals surface area contributed by atoms with Crippen LogP contribution >= 0.6 is 0 Å². The summed E-state index contributed by atoms with van der Waals surface area (Å²) in [5.74, 6) is 2.67. The van der Waals surface area contributed by atoms with Gasteiger partial charge in [0.15, 0.2) is 11.5 Å². The van der Waals surface area contributed by atoms with Crippen LogP contribution < -0.4 is 4.74 Å². The Morgan fingerprint density at radius 3 is 2.07 bits per heavy atom. The van der Waals surface area contributed by atoms with Crippen LogP contribution in [0.5, 0.6) is 5.75 Å². The molecule has 0 bridgehead atoms. The van der Waals surface area contributed by atoms with E-state index in [1.54, 1.807) is 26.8 Å². The molecule has 3 aromatic rings. The van der Waals surface area contributed by atoms with E-state index >= 15 is 0 Å². The summed E-state index contributed by atoms with van der Waals surface area (Å²) in [6.45, 7) is 6.52. The first-order valence-corrected chi connectivity index (χ1v) is 9.19. The lowest BCUT2D eigenvalue weighted by molar-refractivity contribution is -0.145. The van der Waals surface area contributed by atoms with Crippen molar-refractivity contribution in [1.29, 1.82) is 0 Å². The second kappa shape index (κ2) is 9.57. The zero-order valence-corrected chi connectivity index (χ0v) is 17.0. The molecule has 0 radical (unpaired) electrons. The van der Waals surface area contributed by atoms with Crippen LogP contribution in [0.3, 0.4) is 0 Å². The molecule has 0 saturated heterocycles. The van der Waals surface area contributed by atoms with Gasteiger partial charge in [-0.05, 0) is 57.2 Å². The van der Waals surface area contributed by atoms with Gasteiger partial charge in [-0.25, -0.2) is 0 Å². The molecule has 4 heteroatoms. The van der Waals surface area contributed by atoms with Gasteiger partial charge in [-0.2, -0.15) is 0 Å². The van der Waals surface area contributed by atoms with Crippen LogP contribution in [0.25, 0.3) is 10.8 Å². The Balaban J connectivity index is 0.000000370. The normalized spacial score (nSPS) is 10.2. The number of fused-ring (bicyclic) bond motifs is 1. The summed E-state index contributed by atoms with van der Waals surface area (Å²) in [5, 5.41) is 10.2. The SMILES string of the molecule is CC(=O)c1ccc2ccccc2c1OC#Cc1ccccc1.CC(C)(C)C(=O)O. The van der Waals surface area contributed by atoms with Gasteiger partial charge in [0.25, 0.3) is 0 Å². The molecule has 3 rings (SSSR count). The Hall–Kier alpha value is -3.58. The van der Waals surface area contributed by atoms with Gasteiger partial charge in [-0.1, -0.05) is 48.5 Å². The molecule has 148 valence electrons. The van der Waals surface area contributed by atoms with Gasteiger partial charge in [0.2, 0.25) is 0 Å². The Morgan fingerprint density at radius 2 is 1.48 bits per heavy atom. The molecule has 0 aliphatic carbocycles. The third-order valence-electron chi connectivity index (χ3n) is 4.02. The Bertz CT molecular complexity index is 1060. The summed E-state index contributed by atoms with van der Waals surface area (Å²) in [6, 6.07) is 21.1. The number of carbonyl (C=O) groups excluding carboxylic acids is 1. The molecule has 0 spiro atoms. The summed E-state index contributed by atoms with van der Waals surface area (Å²) in [5.41, 5.74) is 0.827. The van der Waals surface area contributed by atoms with Crippen LogP contribution in [-0.2, 0) is 4.79 Å². The monoisotopic (exact) mass is 388 g/mol. The van der Waals surface area contributed by atoms with E-state index in [0.717, 1.165) is 16.3 Å². The standard InChI is InChI=1S/C20H14O2.C5H10O2/c1-15(21)18-12-11-17-9-5-6-10-19(17)20(18)22-14-13-16-7-3-2-4-8-16;1-5(2,3)4(6)7/h2-12H,1H3;1-3H3,(H,6,7). The number of Topliss-reactive ketones (excluding diaryl/α,β-unsaturated/α-hetero) is 1. The maximum atomic E-state index is 11.8. The number of ether oxygens (including phenoxy) is 1. The average molecular weight is 388 g/mol. The summed E-state index contributed by atoms with van der Waals surface area (Å²) in [6.07, 6.45) is 2.70. The van der Waals surface area contributed by atoms with Crippen molar-refractivity contribution in [3.8, 4) is 17.8 Å². The lowest BCUT2D eigenvalue weighted by atomic mass is 9.98. The minimum Gasteiger partial charge on any atom is -0.481 e. The molecule has 0 unspecified atom stereocenters. The summed E-state index contributed by atoms with van der Waals surface area (Å²) >= 11 is 0. The maximum absolute atomic E-state index is 11.8. The van der Waals surface area contributed by atoms with Crippen LogP contribution in [0.15, 0.2) is 66.7 Å². The smallest absolute Gasteiger partial charge is 0.308 e. The van der Waals surface area contributed by atoms with Crippen LogP contribution in [-0.4, -0.2) is 16.9 Å². The van der Waals surface area contributed by atoms with Crippen molar-refractivity contribution in [2.45, 2.75) is 27.7 Å². The molecule has 3 aromatic carbocycles. The fourth-order valence-corrected chi connectivity index (χ4v) is 2.29. The quantitative estimate of drug-likeness (QED) is 0.462. The first-order valence-electron chi connectivity index (χ1n) is 9.19. The van der Waals surface area contributed by atoms with Crippen molar-refractivity contribution in [1.82, 2.24) is 0 Å². The van der Waals surface area contributed by atoms with Gasteiger partial charge in [-0.15, -0.1) is 0 Å². The molecule has 29 heavy (non-hydrogen) atoms. The van der Waals surface area contributed by atoms with Gasteiger partial charge >= 0.3 is 5.97 Å². The van der Waals surface area contributed by atoms with Gasteiger partial charge in [-0.3, -0.25) is 9.59 Å². The highest BCUT2D eigenvalue weighted by Crippen LogP contribution is 2.30. The topological polar surface area (TPSA) is 63.6 Å². The van der Waals surface area contributed by atoms with Crippen molar-refractivity contribution >= 4 is 22.5 Å². The number of carbonyl (C=O) groups is 2. The van der Waals surface area contributed by atoms with E-state index < -0.39 is 11.4 Å². The molecule has 0 atom stereocenters. The van der Waals surface area contributed by atoms with E-state index in [1.807, 2.05) is 60.7 Å². The molecule has 0 aromatic heterocycles. The van der Waals surface area contributed by atoms with E-state index in [0.29, 0.717) is 11.3 Å². The van der Waals surface area contributed by atoms with E-state index in [2.05, 4.69) is 12.0 Å².